The lowest BCUT2D eigenvalue weighted by atomic mass is 9.91. The van der Waals surface area contributed by atoms with Gasteiger partial charge >= 0.3 is 0 Å². The van der Waals surface area contributed by atoms with Crippen LogP contribution in [0, 0.1) is 12.3 Å². The lowest BCUT2D eigenvalue weighted by Gasteiger charge is -2.22. The fourth-order valence-electron chi connectivity index (χ4n) is 1.91. The van der Waals surface area contributed by atoms with Crippen LogP contribution in [0.5, 0.6) is 0 Å². The van der Waals surface area contributed by atoms with Crippen molar-refractivity contribution in [3.05, 3.63) is 29.8 Å². The second-order valence-electron chi connectivity index (χ2n) is 5.91. The van der Waals surface area contributed by atoms with Gasteiger partial charge in [0.15, 0.2) is 0 Å². The fraction of sp³-hybridized carbons (Fsp3) is 0.529. The number of hydrogen-bond acceptors (Lipinski definition) is 2. The predicted octanol–water partition coefficient (Wildman–Crippen LogP) is 3.27. The molecule has 116 valence electrons. The van der Waals surface area contributed by atoms with E-state index in [1.165, 1.54) is 0 Å². The SMILES string of the molecule is CCCCCNC(=O)C(C)(C)C(=O)Nc1cccc(C)c1. The van der Waals surface area contributed by atoms with Crippen molar-refractivity contribution >= 4 is 17.5 Å². The zero-order valence-corrected chi connectivity index (χ0v) is 13.5. The third kappa shape index (κ3) is 5.21. The molecular weight excluding hydrogens is 264 g/mol. The molecule has 0 radical (unpaired) electrons. The molecule has 0 aliphatic heterocycles. The first kappa shape index (κ1) is 17.2. The van der Waals surface area contributed by atoms with E-state index in [1.807, 2.05) is 31.2 Å². The van der Waals surface area contributed by atoms with Crippen molar-refractivity contribution in [3.8, 4) is 0 Å². The number of unbranched alkanes of at least 4 members (excludes halogenated alkanes) is 2. The van der Waals surface area contributed by atoms with Gasteiger partial charge in [0.1, 0.15) is 5.41 Å². The Hall–Kier alpha value is -1.84. The summed E-state index contributed by atoms with van der Waals surface area (Å²) in [5, 5.41) is 5.64. The highest BCUT2D eigenvalue weighted by Gasteiger charge is 2.35. The normalized spacial score (nSPS) is 11.0. The van der Waals surface area contributed by atoms with Gasteiger partial charge in [0.05, 0.1) is 0 Å². The molecule has 0 heterocycles. The predicted molar refractivity (Wildman–Crippen MR) is 86.1 cm³/mol. The van der Waals surface area contributed by atoms with Gasteiger partial charge in [-0.05, 0) is 44.9 Å². The third-order valence-corrected chi connectivity index (χ3v) is 3.48. The summed E-state index contributed by atoms with van der Waals surface area (Å²) in [4.78, 5) is 24.5. The number of nitrogens with one attached hydrogen (secondary N) is 2. The van der Waals surface area contributed by atoms with Crippen LogP contribution in [0.2, 0.25) is 0 Å². The molecule has 21 heavy (non-hydrogen) atoms. The standard InChI is InChI=1S/C17H26N2O2/c1-5-6-7-11-18-15(20)17(3,4)16(21)19-14-10-8-9-13(2)12-14/h8-10,12H,5-7,11H2,1-4H3,(H,18,20)(H,19,21). The van der Waals surface area contributed by atoms with Crippen molar-refractivity contribution < 1.29 is 9.59 Å². The number of carbonyl (C=O) groups is 2. The van der Waals surface area contributed by atoms with Crippen LogP contribution in [0.25, 0.3) is 0 Å². The first-order valence-corrected chi connectivity index (χ1v) is 7.54. The molecule has 0 spiro atoms. The molecule has 0 fully saturated rings. The molecule has 0 aliphatic carbocycles. The van der Waals surface area contributed by atoms with E-state index in [0.29, 0.717) is 12.2 Å². The molecule has 0 atom stereocenters. The van der Waals surface area contributed by atoms with Gasteiger partial charge in [0.25, 0.3) is 0 Å². The van der Waals surface area contributed by atoms with E-state index >= 15 is 0 Å². The number of hydrogen-bond donors (Lipinski definition) is 2. The quantitative estimate of drug-likeness (QED) is 0.598. The van der Waals surface area contributed by atoms with Crippen molar-refractivity contribution in [2.24, 2.45) is 5.41 Å². The van der Waals surface area contributed by atoms with Crippen LogP contribution in [-0.2, 0) is 9.59 Å². The van der Waals surface area contributed by atoms with E-state index in [4.69, 9.17) is 0 Å². The Labute approximate surface area is 127 Å². The molecule has 0 aromatic heterocycles. The second-order valence-corrected chi connectivity index (χ2v) is 5.91. The van der Waals surface area contributed by atoms with Gasteiger partial charge in [-0.15, -0.1) is 0 Å². The average molecular weight is 290 g/mol. The van der Waals surface area contributed by atoms with Gasteiger partial charge in [0.2, 0.25) is 11.8 Å². The molecule has 0 bridgehead atoms. The first-order valence-electron chi connectivity index (χ1n) is 7.54. The highest BCUT2D eigenvalue weighted by atomic mass is 16.2. The summed E-state index contributed by atoms with van der Waals surface area (Å²) in [7, 11) is 0. The number of aryl methyl sites for hydroxylation is 1. The number of anilines is 1. The number of rotatable bonds is 7. The van der Waals surface area contributed by atoms with Crippen LogP contribution in [0.4, 0.5) is 5.69 Å². The third-order valence-electron chi connectivity index (χ3n) is 3.48. The summed E-state index contributed by atoms with van der Waals surface area (Å²) in [5.74, 6) is -0.523. The van der Waals surface area contributed by atoms with Crippen molar-refractivity contribution in [1.29, 1.82) is 0 Å². The highest BCUT2D eigenvalue weighted by molar-refractivity contribution is 6.09. The Morgan fingerprint density at radius 3 is 2.48 bits per heavy atom. The molecule has 0 saturated carbocycles. The number of amides is 2. The molecule has 4 nitrogen and oxygen atoms in total. The smallest absolute Gasteiger partial charge is 0.239 e. The molecule has 1 aromatic rings. The van der Waals surface area contributed by atoms with Crippen LogP contribution in [0.15, 0.2) is 24.3 Å². The monoisotopic (exact) mass is 290 g/mol. The van der Waals surface area contributed by atoms with Crippen LogP contribution in [0.1, 0.15) is 45.6 Å². The molecule has 1 rings (SSSR count). The molecule has 0 aliphatic rings. The molecule has 0 unspecified atom stereocenters. The topological polar surface area (TPSA) is 58.2 Å². The van der Waals surface area contributed by atoms with Gasteiger partial charge in [-0.2, -0.15) is 0 Å². The summed E-state index contributed by atoms with van der Waals surface area (Å²) in [6, 6.07) is 7.54. The second kappa shape index (κ2) is 7.81. The maximum Gasteiger partial charge on any atom is 0.239 e. The lowest BCUT2D eigenvalue weighted by Crippen LogP contribution is -2.45. The molecule has 2 N–H and O–H groups in total. The highest BCUT2D eigenvalue weighted by Crippen LogP contribution is 2.19. The zero-order valence-electron chi connectivity index (χ0n) is 13.5. The van der Waals surface area contributed by atoms with Crippen LogP contribution < -0.4 is 10.6 Å². The lowest BCUT2D eigenvalue weighted by molar-refractivity contribution is -0.138. The summed E-state index contributed by atoms with van der Waals surface area (Å²) in [6.07, 6.45) is 3.13. The summed E-state index contributed by atoms with van der Waals surface area (Å²) in [6.45, 7) is 7.98. The fourth-order valence-corrected chi connectivity index (χ4v) is 1.91. The number of carbonyl (C=O) groups excluding carboxylic acids is 2. The van der Waals surface area contributed by atoms with E-state index < -0.39 is 5.41 Å². The van der Waals surface area contributed by atoms with Gasteiger partial charge in [-0.25, -0.2) is 0 Å². The van der Waals surface area contributed by atoms with E-state index in [1.54, 1.807) is 13.8 Å². The summed E-state index contributed by atoms with van der Waals surface area (Å²) in [5.41, 5.74) is 0.692. The maximum atomic E-state index is 12.3. The van der Waals surface area contributed by atoms with Crippen LogP contribution in [0.3, 0.4) is 0 Å². The molecule has 4 heteroatoms. The van der Waals surface area contributed by atoms with E-state index in [0.717, 1.165) is 24.8 Å². The molecular formula is C17H26N2O2. The van der Waals surface area contributed by atoms with Gasteiger partial charge in [-0.3, -0.25) is 9.59 Å². The minimum Gasteiger partial charge on any atom is -0.355 e. The zero-order chi connectivity index (χ0) is 15.9. The average Bonchev–Trinajstić information content (AvgIpc) is 2.43. The van der Waals surface area contributed by atoms with Crippen LogP contribution >= 0.6 is 0 Å². The van der Waals surface area contributed by atoms with E-state index in [2.05, 4.69) is 17.6 Å². The first-order chi connectivity index (χ1) is 9.87. The Morgan fingerprint density at radius 1 is 1.14 bits per heavy atom. The minimum atomic E-state index is -1.09. The number of benzene rings is 1. The van der Waals surface area contributed by atoms with Crippen molar-refractivity contribution in [2.45, 2.75) is 47.0 Å². The molecule has 2 amide bonds. The Kier molecular flexibility index (Phi) is 6.40. The maximum absolute atomic E-state index is 12.3. The van der Waals surface area contributed by atoms with Crippen molar-refractivity contribution in [1.82, 2.24) is 5.32 Å². The van der Waals surface area contributed by atoms with Gasteiger partial charge in [-0.1, -0.05) is 31.9 Å². The Bertz CT molecular complexity index is 495. The van der Waals surface area contributed by atoms with Gasteiger partial charge < -0.3 is 10.6 Å². The van der Waals surface area contributed by atoms with Gasteiger partial charge in [0, 0.05) is 12.2 Å². The molecule has 0 saturated heterocycles. The summed E-state index contributed by atoms with van der Waals surface area (Å²) >= 11 is 0. The Balaban J connectivity index is 2.59. The van der Waals surface area contributed by atoms with Crippen LogP contribution in [-0.4, -0.2) is 18.4 Å². The molecule has 1 aromatic carbocycles. The Morgan fingerprint density at radius 2 is 1.86 bits per heavy atom. The minimum absolute atomic E-state index is 0.233. The van der Waals surface area contributed by atoms with Crippen molar-refractivity contribution in [2.75, 3.05) is 11.9 Å². The van der Waals surface area contributed by atoms with E-state index in [-0.39, 0.29) is 11.8 Å². The van der Waals surface area contributed by atoms with E-state index in [9.17, 15) is 9.59 Å². The summed E-state index contributed by atoms with van der Waals surface area (Å²) < 4.78 is 0. The van der Waals surface area contributed by atoms with Crippen molar-refractivity contribution in [3.63, 3.8) is 0 Å². The largest absolute Gasteiger partial charge is 0.355 e.